The van der Waals surface area contributed by atoms with Crippen LogP contribution in [0.15, 0.2) is 6.20 Å². The smallest absolute Gasteiger partial charge is 0.274 e. The van der Waals surface area contributed by atoms with Crippen molar-refractivity contribution >= 4 is 21.6 Å². The number of carbonyl (C=O) groups is 1. The molecule has 1 aromatic heterocycles. The van der Waals surface area contributed by atoms with E-state index in [9.17, 15) is 13.2 Å². The van der Waals surface area contributed by atoms with Gasteiger partial charge in [0.2, 0.25) is 10.0 Å². The van der Waals surface area contributed by atoms with Gasteiger partial charge in [-0.2, -0.15) is 9.40 Å². The first-order valence-corrected chi connectivity index (χ1v) is 7.27. The summed E-state index contributed by atoms with van der Waals surface area (Å²) in [5.41, 5.74) is 6.15. The second kappa shape index (κ2) is 4.58. The number of nitrogens with zero attached hydrogens (tertiary/aromatic N) is 3. The molecule has 1 aliphatic heterocycles. The fraction of sp³-hybridized carbons (Fsp3) is 0.556. The summed E-state index contributed by atoms with van der Waals surface area (Å²) in [5, 5.41) is 6.23. The number of piperazine rings is 1. The van der Waals surface area contributed by atoms with E-state index in [0.717, 1.165) is 6.26 Å². The molecule has 0 bridgehead atoms. The quantitative estimate of drug-likeness (QED) is 0.696. The molecule has 2 rings (SSSR count). The summed E-state index contributed by atoms with van der Waals surface area (Å²) in [5.74, 6) is -0.252. The molecule has 9 heteroatoms. The Labute approximate surface area is 105 Å². The highest BCUT2D eigenvalue weighted by Gasteiger charge is 2.27. The van der Waals surface area contributed by atoms with E-state index in [2.05, 4.69) is 10.2 Å². The molecule has 0 atom stereocenters. The minimum absolute atomic E-state index is 0.252. The lowest BCUT2D eigenvalue weighted by Crippen LogP contribution is -2.50. The molecule has 1 amide bonds. The molecule has 100 valence electrons. The van der Waals surface area contributed by atoms with Crippen molar-refractivity contribution in [2.24, 2.45) is 0 Å². The largest absolute Gasteiger partial charge is 0.396 e. The van der Waals surface area contributed by atoms with Gasteiger partial charge in [0.05, 0.1) is 18.1 Å². The third-order valence-corrected chi connectivity index (χ3v) is 4.18. The van der Waals surface area contributed by atoms with Crippen LogP contribution in [0.5, 0.6) is 0 Å². The molecule has 18 heavy (non-hydrogen) atoms. The van der Waals surface area contributed by atoms with Gasteiger partial charge in [-0.1, -0.05) is 0 Å². The summed E-state index contributed by atoms with van der Waals surface area (Å²) in [6, 6.07) is 0. The zero-order valence-corrected chi connectivity index (χ0v) is 10.8. The second-order valence-corrected chi connectivity index (χ2v) is 6.14. The summed E-state index contributed by atoms with van der Waals surface area (Å²) >= 11 is 0. The number of nitrogens with two attached hydrogens (primary N) is 1. The molecule has 1 saturated heterocycles. The van der Waals surface area contributed by atoms with E-state index in [0.29, 0.717) is 31.9 Å². The van der Waals surface area contributed by atoms with E-state index in [4.69, 9.17) is 5.73 Å². The summed E-state index contributed by atoms with van der Waals surface area (Å²) in [6.45, 7) is 1.31. The van der Waals surface area contributed by atoms with Crippen molar-refractivity contribution in [3.8, 4) is 0 Å². The highest BCUT2D eigenvalue weighted by atomic mass is 32.2. The molecular weight excluding hydrogens is 258 g/mol. The van der Waals surface area contributed by atoms with Gasteiger partial charge in [0.1, 0.15) is 5.69 Å². The lowest BCUT2D eigenvalue weighted by Gasteiger charge is -2.33. The molecule has 2 heterocycles. The first-order valence-electron chi connectivity index (χ1n) is 5.43. The zero-order chi connectivity index (χ0) is 13.3. The number of aromatic nitrogens is 2. The van der Waals surface area contributed by atoms with Crippen molar-refractivity contribution in [1.29, 1.82) is 0 Å². The van der Waals surface area contributed by atoms with Crippen LogP contribution in [-0.4, -0.2) is 66.2 Å². The van der Waals surface area contributed by atoms with E-state index in [1.54, 1.807) is 4.90 Å². The predicted molar refractivity (Wildman–Crippen MR) is 65.3 cm³/mol. The average Bonchev–Trinajstić information content (AvgIpc) is 2.73. The molecule has 8 nitrogen and oxygen atoms in total. The monoisotopic (exact) mass is 273 g/mol. The number of nitrogens with one attached hydrogen (secondary N) is 1. The Bertz CT molecular complexity index is 544. The van der Waals surface area contributed by atoms with E-state index >= 15 is 0 Å². The van der Waals surface area contributed by atoms with Crippen LogP contribution in [-0.2, 0) is 10.0 Å². The van der Waals surface area contributed by atoms with Gasteiger partial charge in [-0.15, -0.1) is 0 Å². The highest BCUT2D eigenvalue weighted by Crippen LogP contribution is 2.13. The Balaban J connectivity index is 2.03. The van der Waals surface area contributed by atoms with E-state index < -0.39 is 10.0 Å². The molecule has 0 unspecified atom stereocenters. The minimum Gasteiger partial charge on any atom is -0.396 e. The third kappa shape index (κ3) is 2.46. The summed E-state index contributed by atoms with van der Waals surface area (Å²) < 4.78 is 24.0. The summed E-state index contributed by atoms with van der Waals surface area (Å²) in [6.07, 6.45) is 2.54. The number of amides is 1. The third-order valence-electron chi connectivity index (χ3n) is 2.88. The highest BCUT2D eigenvalue weighted by molar-refractivity contribution is 7.88. The number of carbonyl (C=O) groups excluding carboxylic acids is 1. The molecule has 0 radical (unpaired) electrons. The maximum atomic E-state index is 12.0. The summed E-state index contributed by atoms with van der Waals surface area (Å²) in [4.78, 5) is 13.6. The number of H-pyrrole nitrogens is 1. The molecule has 0 saturated carbocycles. The topological polar surface area (TPSA) is 112 Å². The fourth-order valence-electron chi connectivity index (χ4n) is 1.85. The van der Waals surface area contributed by atoms with Crippen LogP contribution in [0.3, 0.4) is 0 Å². The molecular formula is C9H15N5O3S. The number of hydrogen-bond acceptors (Lipinski definition) is 5. The van der Waals surface area contributed by atoms with Crippen molar-refractivity contribution < 1.29 is 13.2 Å². The molecule has 0 spiro atoms. The number of nitrogen functional groups attached to an aromatic ring is 1. The van der Waals surface area contributed by atoms with Gasteiger partial charge in [-0.05, 0) is 0 Å². The van der Waals surface area contributed by atoms with E-state index in [-0.39, 0.29) is 11.6 Å². The second-order valence-electron chi connectivity index (χ2n) is 4.15. The van der Waals surface area contributed by atoms with Gasteiger partial charge in [0.25, 0.3) is 5.91 Å². The average molecular weight is 273 g/mol. The van der Waals surface area contributed by atoms with Gasteiger partial charge in [-0.25, -0.2) is 8.42 Å². The van der Waals surface area contributed by atoms with Gasteiger partial charge >= 0.3 is 0 Å². The predicted octanol–water partition coefficient (Wildman–Crippen LogP) is -1.29. The van der Waals surface area contributed by atoms with Crippen molar-refractivity contribution in [2.75, 3.05) is 38.2 Å². The molecule has 1 aliphatic rings. The van der Waals surface area contributed by atoms with Crippen molar-refractivity contribution in [2.45, 2.75) is 0 Å². The summed E-state index contributed by atoms with van der Waals surface area (Å²) in [7, 11) is -3.19. The first kappa shape index (κ1) is 12.8. The number of aromatic amines is 1. The van der Waals surface area contributed by atoms with E-state index in [1.165, 1.54) is 10.5 Å². The molecule has 0 aromatic carbocycles. The van der Waals surface area contributed by atoms with Crippen LogP contribution in [0.1, 0.15) is 10.5 Å². The van der Waals surface area contributed by atoms with Crippen molar-refractivity contribution in [3.63, 3.8) is 0 Å². The molecule has 1 aromatic rings. The Morgan fingerprint density at radius 1 is 1.39 bits per heavy atom. The number of rotatable bonds is 2. The van der Waals surface area contributed by atoms with Gasteiger partial charge in [0, 0.05) is 26.2 Å². The van der Waals surface area contributed by atoms with Crippen LogP contribution >= 0.6 is 0 Å². The van der Waals surface area contributed by atoms with Crippen molar-refractivity contribution in [1.82, 2.24) is 19.4 Å². The maximum Gasteiger partial charge on any atom is 0.274 e. The lowest BCUT2D eigenvalue weighted by atomic mass is 10.3. The minimum atomic E-state index is -3.19. The van der Waals surface area contributed by atoms with Gasteiger partial charge in [0.15, 0.2) is 0 Å². The standard InChI is InChI=1S/C9H15N5O3S/c1-18(16,17)14-4-2-13(3-5-14)9(15)8-7(10)6-11-12-8/h6H,2-5,10H2,1H3,(H,11,12). The number of hydrogen-bond donors (Lipinski definition) is 2. The Morgan fingerprint density at radius 2 is 2.00 bits per heavy atom. The molecule has 0 aliphatic carbocycles. The Kier molecular flexibility index (Phi) is 3.26. The van der Waals surface area contributed by atoms with Crippen LogP contribution in [0.25, 0.3) is 0 Å². The first-order chi connectivity index (χ1) is 8.39. The SMILES string of the molecule is CS(=O)(=O)N1CCN(C(=O)c2[nH]ncc2N)CC1. The van der Waals surface area contributed by atoms with Gasteiger partial charge in [-0.3, -0.25) is 9.89 Å². The van der Waals surface area contributed by atoms with Crippen LogP contribution < -0.4 is 5.73 Å². The number of anilines is 1. The van der Waals surface area contributed by atoms with Crippen LogP contribution in [0, 0.1) is 0 Å². The number of sulfonamides is 1. The Hall–Kier alpha value is -1.61. The fourth-order valence-corrected chi connectivity index (χ4v) is 2.67. The molecule has 1 fully saturated rings. The lowest BCUT2D eigenvalue weighted by molar-refractivity contribution is 0.0693. The Morgan fingerprint density at radius 3 is 2.44 bits per heavy atom. The normalized spacial score (nSPS) is 17.9. The van der Waals surface area contributed by atoms with Crippen LogP contribution in [0.2, 0.25) is 0 Å². The van der Waals surface area contributed by atoms with E-state index in [1.807, 2.05) is 0 Å². The van der Waals surface area contributed by atoms with Crippen molar-refractivity contribution in [3.05, 3.63) is 11.9 Å². The molecule has 3 N–H and O–H groups in total. The zero-order valence-electron chi connectivity index (χ0n) is 9.96. The maximum absolute atomic E-state index is 12.0. The van der Waals surface area contributed by atoms with Gasteiger partial charge < -0.3 is 10.6 Å². The van der Waals surface area contributed by atoms with Crippen LogP contribution in [0.4, 0.5) is 5.69 Å².